The number of carbonyl (C=O) groups is 1. The Kier molecular flexibility index (Phi) is 4.04. The fraction of sp³-hybridized carbons (Fsp3) is 0.176. The third-order valence-corrected chi connectivity index (χ3v) is 4.15. The van der Waals surface area contributed by atoms with Crippen molar-refractivity contribution in [1.29, 1.82) is 0 Å². The topological polar surface area (TPSA) is 46.4 Å². The van der Waals surface area contributed by atoms with Crippen LogP contribution in [0.25, 0.3) is 5.65 Å². The molecule has 0 bridgehead atoms. The van der Waals surface area contributed by atoms with E-state index in [1.807, 2.05) is 32.0 Å². The molecule has 1 aromatic carbocycles. The molecule has 1 amide bonds. The van der Waals surface area contributed by atoms with Gasteiger partial charge in [-0.25, -0.2) is 4.98 Å². The Morgan fingerprint density at radius 1 is 1.17 bits per heavy atom. The molecule has 2 heterocycles. The Bertz CT molecular complexity index is 931. The van der Waals surface area contributed by atoms with Gasteiger partial charge in [0, 0.05) is 11.9 Å². The van der Waals surface area contributed by atoms with Gasteiger partial charge in [0.1, 0.15) is 5.69 Å². The number of hydrogen-bond donors (Lipinski definition) is 1. The van der Waals surface area contributed by atoms with Crippen molar-refractivity contribution in [2.24, 2.45) is 0 Å². The lowest BCUT2D eigenvalue weighted by molar-refractivity contribution is 0.102. The monoisotopic (exact) mass is 347 g/mol. The maximum absolute atomic E-state index is 12.7. The van der Waals surface area contributed by atoms with E-state index in [1.54, 1.807) is 23.6 Å². The van der Waals surface area contributed by atoms with Gasteiger partial charge in [-0.2, -0.15) is 0 Å². The zero-order chi connectivity index (χ0) is 16.7. The molecule has 0 atom stereocenters. The number of amides is 1. The molecule has 0 fully saturated rings. The quantitative estimate of drug-likeness (QED) is 0.722. The summed E-state index contributed by atoms with van der Waals surface area (Å²) in [6.45, 7) is 5.74. The maximum atomic E-state index is 12.7. The smallest absolute Gasteiger partial charge is 0.274 e. The van der Waals surface area contributed by atoms with E-state index >= 15 is 0 Å². The second-order valence-corrected chi connectivity index (χ2v) is 6.36. The Morgan fingerprint density at radius 3 is 2.61 bits per heavy atom. The van der Waals surface area contributed by atoms with Gasteiger partial charge in [0.15, 0.2) is 5.65 Å². The van der Waals surface area contributed by atoms with Crippen molar-refractivity contribution in [3.8, 4) is 0 Å². The fourth-order valence-electron chi connectivity index (χ4n) is 2.60. The number of carbonyl (C=O) groups excluding carboxylic acids is 1. The lowest BCUT2D eigenvalue weighted by Gasteiger charge is -2.10. The summed E-state index contributed by atoms with van der Waals surface area (Å²) >= 11 is 12.2. The van der Waals surface area contributed by atoms with Crippen LogP contribution in [0.3, 0.4) is 0 Å². The Labute approximate surface area is 144 Å². The van der Waals surface area contributed by atoms with Gasteiger partial charge in [0.25, 0.3) is 5.91 Å². The number of halogens is 2. The zero-order valence-corrected chi connectivity index (χ0v) is 14.5. The van der Waals surface area contributed by atoms with Crippen molar-refractivity contribution in [2.75, 3.05) is 5.32 Å². The Morgan fingerprint density at radius 2 is 1.91 bits per heavy atom. The van der Waals surface area contributed by atoms with Crippen molar-refractivity contribution < 1.29 is 4.79 Å². The highest BCUT2D eigenvalue weighted by Crippen LogP contribution is 2.25. The second kappa shape index (κ2) is 5.87. The van der Waals surface area contributed by atoms with Crippen molar-refractivity contribution >= 4 is 40.4 Å². The molecule has 23 heavy (non-hydrogen) atoms. The summed E-state index contributed by atoms with van der Waals surface area (Å²) < 4.78 is 1.62. The predicted octanol–water partition coefficient (Wildman–Crippen LogP) is 4.82. The van der Waals surface area contributed by atoms with E-state index in [9.17, 15) is 4.79 Å². The van der Waals surface area contributed by atoms with E-state index in [2.05, 4.69) is 10.3 Å². The predicted molar refractivity (Wildman–Crippen MR) is 93.8 cm³/mol. The highest BCUT2D eigenvalue weighted by molar-refractivity contribution is 6.36. The molecule has 4 nitrogen and oxygen atoms in total. The number of fused-ring (bicyclic) bond motifs is 1. The largest absolute Gasteiger partial charge is 0.320 e. The van der Waals surface area contributed by atoms with E-state index < -0.39 is 0 Å². The molecule has 0 aliphatic carbocycles. The van der Waals surface area contributed by atoms with E-state index in [0.29, 0.717) is 27.1 Å². The number of aromatic nitrogens is 2. The SMILES string of the molecule is Cc1ccc(NC(=O)c2c(C)nc3c(Cl)cc(Cl)cn23)c(C)c1. The first-order valence-electron chi connectivity index (χ1n) is 7.09. The van der Waals surface area contributed by atoms with Gasteiger partial charge in [-0.05, 0) is 38.5 Å². The molecule has 2 aromatic heterocycles. The van der Waals surface area contributed by atoms with Crippen LogP contribution in [0.4, 0.5) is 5.69 Å². The van der Waals surface area contributed by atoms with Crippen LogP contribution in [0.2, 0.25) is 10.0 Å². The van der Waals surface area contributed by atoms with Gasteiger partial charge in [-0.15, -0.1) is 0 Å². The normalized spacial score (nSPS) is 11.0. The molecule has 1 N–H and O–H groups in total. The maximum Gasteiger partial charge on any atom is 0.274 e. The number of rotatable bonds is 2. The number of hydrogen-bond acceptors (Lipinski definition) is 2. The average molecular weight is 348 g/mol. The van der Waals surface area contributed by atoms with Gasteiger partial charge in [-0.3, -0.25) is 9.20 Å². The molecule has 0 saturated carbocycles. The van der Waals surface area contributed by atoms with Crippen LogP contribution in [0, 0.1) is 20.8 Å². The lowest BCUT2D eigenvalue weighted by atomic mass is 10.1. The molecule has 118 valence electrons. The van der Waals surface area contributed by atoms with Crippen LogP contribution in [0.5, 0.6) is 0 Å². The first kappa shape index (κ1) is 15.8. The second-order valence-electron chi connectivity index (χ2n) is 5.52. The summed E-state index contributed by atoms with van der Waals surface area (Å²) in [5, 5.41) is 3.78. The fourth-order valence-corrected chi connectivity index (χ4v) is 3.11. The molecule has 0 aliphatic rings. The number of aryl methyl sites for hydroxylation is 3. The molecule has 0 radical (unpaired) electrons. The molecule has 0 spiro atoms. The Hall–Kier alpha value is -2.04. The summed E-state index contributed by atoms with van der Waals surface area (Å²) in [6.07, 6.45) is 1.64. The number of anilines is 1. The number of nitrogens with zero attached hydrogens (tertiary/aromatic N) is 2. The molecule has 6 heteroatoms. The number of nitrogens with one attached hydrogen (secondary N) is 1. The van der Waals surface area contributed by atoms with E-state index in [-0.39, 0.29) is 5.91 Å². The average Bonchev–Trinajstić information content (AvgIpc) is 2.78. The van der Waals surface area contributed by atoms with E-state index in [1.165, 1.54) is 0 Å². The summed E-state index contributed by atoms with van der Waals surface area (Å²) in [6, 6.07) is 7.47. The van der Waals surface area contributed by atoms with Crippen molar-refractivity contribution in [2.45, 2.75) is 20.8 Å². The van der Waals surface area contributed by atoms with Crippen LogP contribution in [-0.4, -0.2) is 15.3 Å². The Balaban J connectivity index is 2.06. The van der Waals surface area contributed by atoms with Gasteiger partial charge < -0.3 is 5.32 Å². The van der Waals surface area contributed by atoms with Crippen LogP contribution in [-0.2, 0) is 0 Å². The van der Waals surface area contributed by atoms with Crippen LogP contribution >= 0.6 is 23.2 Å². The summed E-state index contributed by atoms with van der Waals surface area (Å²) in [7, 11) is 0. The first-order chi connectivity index (χ1) is 10.9. The van der Waals surface area contributed by atoms with Crippen LogP contribution in [0.1, 0.15) is 27.3 Å². The highest BCUT2D eigenvalue weighted by atomic mass is 35.5. The molecule has 0 aliphatic heterocycles. The molecular weight excluding hydrogens is 333 g/mol. The van der Waals surface area contributed by atoms with Gasteiger partial charge >= 0.3 is 0 Å². The molecular formula is C17H15Cl2N3O. The highest BCUT2D eigenvalue weighted by Gasteiger charge is 2.19. The minimum absolute atomic E-state index is 0.250. The van der Waals surface area contributed by atoms with E-state index in [4.69, 9.17) is 23.2 Å². The summed E-state index contributed by atoms with van der Waals surface area (Å²) in [5.74, 6) is -0.250. The lowest BCUT2D eigenvalue weighted by Crippen LogP contribution is -2.16. The zero-order valence-electron chi connectivity index (χ0n) is 12.9. The summed E-state index contributed by atoms with van der Waals surface area (Å²) in [4.78, 5) is 17.1. The molecule has 0 saturated heterocycles. The van der Waals surface area contributed by atoms with Crippen molar-refractivity contribution in [3.63, 3.8) is 0 Å². The molecule has 0 unspecified atom stereocenters. The third kappa shape index (κ3) is 2.92. The summed E-state index contributed by atoms with van der Waals surface area (Å²) in [5.41, 5.74) is 4.44. The first-order valence-corrected chi connectivity index (χ1v) is 7.84. The van der Waals surface area contributed by atoms with Crippen molar-refractivity contribution in [3.05, 3.63) is 63.0 Å². The third-order valence-electron chi connectivity index (χ3n) is 3.66. The van der Waals surface area contributed by atoms with Gasteiger partial charge in [0.05, 0.1) is 15.7 Å². The van der Waals surface area contributed by atoms with Crippen LogP contribution < -0.4 is 5.32 Å². The van der Waals surface area contributed by atoms with Gasteiger partial charge in [0.2, 0.25) is 0 Å². The van der Waals surface area contributed by atoms with Crippen LogP contribution in [0.15, 0.2) is 30.5 Å². The standard InChI is InChI=1S/C17H15Cl2N3O/c1-9-4-5-14(10(2)6-9)21-17(23)15-11(3)20-16-13(19)7-12(18)8-22(15)16/h4-8H,1-3H3,(H,21,23). The minimum Gasteiger partial charge on any atom is -0.320 e. The minimum atomic E-state index is -0.250. The van der Waals surface area contributed by atoms with Crippen molar-refractivity contribution in [1.82, 2.24) is 9.38 Å². The molecule has 3 aromatic rings. The number of imidazole rings is 1. The molecule has 3 rings (SSSR count). The van der Waals surface area contributed by atoms with Gasteiger partial charge in [-0.1, -0.05) is 40.9 Å². The number of benzene rings is 1. The van der Waals surface area contributed by atoms with E-state index in [0.717, 1.165) is 16.8 Å². The number of pyridine rings is 1.